The van der Waals surface area contributed by atoms with Crippen LogP contribution in [0.4, 0.5) is 4.39 Å². The Labute approximate surface area is 107 Å². The second-order valence-corrected chi connectivity index (χ2v) is 4.90. The van der Waals surface area contributed by atoms with Gasteiger partial charge in [-0.2, -0.15) is 0 Å². The summed E-state index contributed by atoms with van der Waals surface area (Å²) < 4.78 is 18.4. The van der Waals surface area contributed by atoms with E-state index in [2.05, 4.69) is 0 Å². The van der Waals surface area contributed by atoms with Crippen molar-refractivity contribution in [1.82, 2.24) is 0 Å². The number of carbonyl (C=O) groups excluding carboxylic acids is 1. The van der Waals surface area contributed by atoms with Crippen molar-refractivity contribution in [2.24, 2.45) is 5.92 Å². The minimum absolute atomic E-state index is 0.0307. The van der Waals surface area contributed by atoms with Crippen LogP contribution in [0.15, 0.2) is 18.2 Å². The number of methoxy groups -OCH3 is 1. The lowest BCUT2D eigenvalue weighted by Gasteiger charge is -2.15. The van der Waals surface area contributed by atoms with Crippen LogP contribution in [0, 0.1) is 11.7 Å². The van der Waals surface area contributed by atoms with Gasteiger partial charge in [-0.25, -0.2) is 4.39 Å². The van der Waals surface area contributed by atoms with E-state index in [4.69, 9.17) is 4.74 Å². The first-order valence-corrected chi connectivity index (χ1v) is 6.60. The van der Waals surface area contributed by atoms with Gasteiger partial charge in [0.05, 0.1) is 12.7 Å². The number of halogens is 1. The zero-order chi connectivity index (χ0) is 13.0. The van der Waals surface area contributed by atoms with Crippen molar-refractivity contribution in [2.75, 3.05) is 7.11 Å². The lowest BCUT2D eigenvalue weighted by atomic mass is 9.90. The number of Topliss-reactive ketones (excluding diaryl/α,β-unsaturated/α-hetero) is 1. The van der Waals surface area contributed by atoms with Crippen LogP contribution in [-0.2, 0) is 0 Å². The molecule has 0 amide bonds. The molecule has 1 aliphatic carbocycles. The van der Waals surface area contributed by atoms with Gasteiger partial charge in [0, 0.05) is 5.92 Å². The van der Waals surface area contributed by atoms with E-state index >= 15 is 0 Å². The maximum atomic E-state index is 13.3. The summed E-state index contributed by atoms with van der Waals surface area (Å²) in [6, 6.07) is 4.15. The van der Waals surface area contributed by atoms with Crippen LogP contribution in [0.3, 0.4) is 0 Å². The Hall–Kier alpha value is -1.38. The SMILES string of the molecule is COc1ccc(F)cc1C(=O)C1CCCCCC1. The predicted molar refractivity (Wildman–Crippen MR) is 68.5 cm³/mol. The van der Waals surface area contributed by atoms with Gasteiger partial charge in [-0.05, 0) is 31.0 Å². The highest BCUT2D eigenvalue weighted by Gasteiger charge is 2.24. The van der Waals surface area contributed by atoms with Gasteiger partial charge in [0.25, 0.3) is 0 Å². The van der Waals surface area contributed by atoms with E-state index in [1.54, 1.807) is 0 Å². The van der Waals surface area contributed by atoms with Gasteiger partial charge in [0.2, 0.25) is 0 Å². The molecular weight excluding hydrogens is 231 g/mol. The number of carbonyl (C=O) groups is 1. The van der Waals surface area contributed by atoms with Gasteiger partial charge in [-0.3, -0.25) is 4.79 Å². The van der Waals surface area contributed by atoms with Crippen LogP contribution < -0.4 is 4.74 Å². The molecule has 0 atom stereocenters. The third-order valence-electron chi connectivity index (χ3n) is 3.65. The summed E-state index contributed by atoms with van der Waals surface area (Å²) in [5, 5.41) is 0. The first-order chi connectivity index (χ1) is 8.72. The van der Waals surface area contributed by atoms with Crippen LogP contribution in [0.25, 0.3) is 0 Å². The van der Waals surface area contributed by atoms with Gasteiger partial charge in [-0.1, -0.05) is 25.7 Å². The number of benzene rings is 1. The molecule has 0 bridgehead atoms. The van der Waals surface area contributed by atoms with Crippen molar-refractivity contribution in [3.63, 3.8) is 0 Å². The number of ketones is 1. The van der Waals surface area contributed by atoms with Crippen molar-refractivity contribution in [1.29, 1.82) is 0 Å². The highest BCUT2D eigenvalue weighted by Crippen LogP contribution is 2.29. The second-order valence-electron chi connectivity index (χ2n) is 4.90. The van der Waals surface area contributed by atoms with Crippen LogP contribution in [0.2, 0.25) is 0 Å². The van der Waals surface area contributed by atoms with Crippen molar-refractivity contribution < 1.29 is 13.9 Å². The van der Waals surface area contributed by atoms with E-state index in [0.717, 1.165) is 25.7 Å². The van der Waals surface area contributed by atoms with Crippen LogP contribution in [0.1, 0.15) is 48.9 Å². The van der Waals surface area contributed by atoms with Crippen molar-refractivity contribution in [2.45, 2.75) is 38.5 Å². The summed E-state index contributed by atoms with van der Waals surface area (Å²) in [5.41, 5.74) is 0.393. The predicted octanol–water partition coefficient (Wildman–Crippen LogP) is 3.99. The largest absolute Gasteiger partial charge is 0.496 e. The minimum Gasteiger partial charge on any atom is -0.496 e. The zero-order valence-corrected chi connectivity index (χ0v) is 10.7. The van der Waals surface area contributed by atoms with E-state index in [0.29, 0.717) is 11.3 Å². The minimum atomic E-state index is -0.382. The Kier molecular flexibility index (Phi) is 4.34. The Morgan fingerprint density at radius 1 is 1.22 bits per heavy atom. The smallest absolute Gasteiger partial charge is 0.169 e. The lowest BCUT2D eigenvalue weighted by Crippen LogP contribution is -2.15. The molecule has 0 unspecified atom stereocenters. The fourth-order valence-electron chi connectivity index (χ4n) is 2.63. The Bertz CT molecular complexity index is 421. The normalized spacial score (nSPS) is 17.2. The third-order valence-corrected chi connectivity index (χ3v) is 3.65. The highest BCUT2D eigenvalue weighted by molar-refractivity contribution is 6.00. The second kappa shape index (κ2) is 5.98. The monoisotopic (exact) mass is 250 g/mol. The molecule has 0 heterocycles. The van der Waals surface area contributed by atoms with Crippen LogP contribution in [0.5, 0.6) is 5.75 Å². The van der Waals surface area contributed by atoms with Gasteiger partial charge < -0.3 is 4.74 Å². The summed E-state index contributed by atoms with van der Waals surface area (Å²) >= 11 is 0. The lowest BCUT2D eigenvalue weighted by molar-refractivity contribution is 0.0904. The number of hydrogen-bond donors (Lipinski definition) is 0. The van der Waals surface area contributed by atoms with Crippen molar-refractivity contribution in [3.05, 3.63) is 29.6 Å². The standard InChI is InChI=1S/C15H19FO2/c1-18-14-9-8-12(16)10-13(14)15(17)11-6-4-2-3-5-7-11/h8-11H,2-7H2,1H3. The topological polar surface area (TPSA) is 26.3 Å². The van der Waals surface area contributed by atoms with E-state index in [1.807, 2.05) is 0 Å². The van der Waals surface area contributed by atoms with E-state index < -0.39 is 0 Å². The first kappa shape index (κ1) is 13.1. The van der Waals surface area contributed by atoms with Crippen LogP contribution in [-0.4, -0.2) is 12.9 Å². The molecule has 0 radical (unpaired) electrons. The van der Waals surface area contributed by atoms with Gasteiger partial charge >= 0.3 is 0 Å². The van der Waals surface area contributed by atoms with E-state index in [1.165, 1.54) is 38.2 Å². The number of rotatable bonds is 3. The Morgan fingerprint density at radius 3 is 2.50 bits per heavy atom. The zero-order valence-electron chi connectivity index (χ0n) is 10.7. The van der Waals surface area contributed by atoms with Gasteiger partial charge in [0.15, 0.2) is 5.78 Å². The molecule has 1 fully saturated rings. The summed E-state index contributed by atoms with van der Waals surface area (Å²) in [5.74, 6) is 0.162. The summed E-state index contributed by atoms with van der Waals surface area (Å²) in [4.78, 5) is 12.4. The molecule has 0 aliphatic heterocycles. The molecule has 2 nitrogen and oxygen atoms in total. The molecule has 1 saturated carbocycles. The molecule has 3 heteroatoms. The maximum absolute atomic E-state index is 13.3. The molecule has 1 aromatic carbocycles. The fraction of sp³-hybridized carbons (Fsp3) is 0.533. The number of hydrogen-bond acceptors (Lipinski definition) is 2. The summed E-state index contributed by atoms with van der Waals surface area (Å²) in [6.07, 6.45) is 6.41. The van der Waals surface area contributed by atoms with E-state index in [-0.39, 0.29) is 17.5 Å². The Morgan fingerprint density at radius 2 is 1.89 bits per heavy atom. The summed E-state index contributed by atoms with van der Waals surface area (Å²) in [7, 11) is 1.51. The van der Waals surface area contributed by atoms with Crippen molar-refractivity contribution in [3.8, 4) is 5.75 Å². The average Bonchev–Trinajstić information content (AvgIpc) is 2.66. The molecule has 0 N–H and O–H groups in total. The molecule has 0 aromatic heterocycles. The van der Waals surface area contributed by atoms with Gasteiger partial charge in [0.1, 0.15) is 11.6 Å². The molecular formula is C15H19FO2. The van der Waals surface area contributed by atoms with Crippen molar-refractivity contribution >= 4 is 5.78 Å². The molecule has 1 aliphatic rings. The van der Waals surface area contributed by atoms with Crippen LogP contribution >= 0.6 is 0 Å². The highest BCUT2D eigenvalue weighted by atomic mass is 19.1. The average molecular weight is 250 g/mol. The number of ether oxygens (including phenoxy) is 1. The van der Waals surface area contributed by atoms with E-state index in [9.17, 15) is 9.18 Å². The maximum Gasteiger partial charge on any atom is 0.169 e. The molecule has 1 aromatic rings. The third kappa shape index (κ3) is 2.89. The quantitative estimate of drug-likeness (QED) is 0.599. The first-order valence-electron chi connectivity index (χ1n) is 6.60. The molecule has 0 saturated heterocycles. The molecule has 18 heavy (non-hydrogen) atoms. The summed E-state index contributed by atoms with van der Waals surface area (Å²) in [6.45, 7) is 0. The molecule has 98 valence electrons. The van der Waals surface area contributed by atoms with Gasteiger partial charge in [-0.15, -0.1) is 0 Å². The molecule has 2 rings (SSSR count). The molecule has 0 spiro atoms. The Balaban J connectivity index is 2.23. The fourth-order valence-corrected chi connectivity index (χ4v) is 2.63.